The Kier molecular flexibility index (Phi) is 7.11. The van der Waals surface area contributed by atoms with Crippen molar-refractivity contribution in [2.45, 2.75) is 76.8 Å². The normalized spacial score (nSPS) is 22.7. The van der Waals surface area contributed by atoms with Gasteiger partial charge < -0.3 is 20.9 Å². The van der Waals surface area contributed by atoms with Gasteiger partial charge in [0.05, 0.1) is 5.56 Å². The fraction of sp³-hybridized carbons (Fsp3) is 0.667. The number of thiophene rings is 1. The van der Waals surface area contributed by atoms with Gasteiger partial charge >= 0.3 is 6.03 Å². The van der Waals surface area contributed by atoms with Gasteiger partial charge in [0.2, 0.25) is 5.95 Å². The fourth-order valence-electron chi connectivity index (χ4n) is 5.72. The molecule has 0 radical (unpaired) electrons. The van der Waals surface area contributed by atoms with E-state index in [2.05, 4.69) is 30.7 Å². The standard InChI is InChI=1S/C27H37N7O3S/c1-2-28-27(37)33-10-9-18(14-33)31-26-32-30-15-34(26)19-7-8-22-20(11-19)24(25(36)29-13-16-3-4-16)23(38-22)12-21(35)17-5-6-17/h15-19H,2-14H2,1H3,(H,28,37)(H,29,36)(H,31,32)/t18-,19-/m0/s1. The molecule has 38 heavy (non-hydrogen) atoms. The van der Waals surface area contributed by atoms with Gasteiger partial charge in [0.15, 0.2) is 0 Å². The van der Waals surface area contributed by atoms with Crippen LogP contribution in [0.2, 0.25) is 0 Å². The van der Waals surface area contributed by atoms with Gasteiger partial charge in [-0.3, -0.25) is 14.2 Å². The van der Waals surface area contributed by atoms with Gasteiger partial charge in [-0.05, 0) is 69.8 Å². The number of nitrogens with one attached hydrogen (secondary N) is 3. The third-order valence-electron chi connectivity index (χ3n) is 8.25. The fourth-order valence-corrected chi connectivity index (χ4v) is 7.08. The van der Waals surface area contributed by atoms with E-state index in [-0.39, 0.29) is 35.7 Å². The Morgan fingerprint density at radius 3 is 2.71 bits per heavy atom. The molecule has 2 saturated carbocycles. The molecule has 1 aliphatic heterocycles. The second kappa shape index (κ2) is 10.7. The van der Waals surface area contributed by atoms with E-state index in [0.29, 0.717) is 37.9 Å². The second-order valence-corrected chi connectivity index (χ2v) is 12.4. The molecule has 1 saturated heterocycles. The van der Waals surface area contributed by atoms with Crippen molar-refractivity contribution >= 4 is 35.0 Å². The number of Topliss-reactive ketones (excluding diaryl/α,β-unsaturated/α-hetero) is 1. The number of likely N-dealkylation sites (tertiary alicyclic amines) is 1. The van der Waals surface area contributed by atoms with Crippen molar-refractivity contribution in [2.75, 3.05) is 31.5 Å². The molecule has 2 aromatic rings. The molecular formula is C27H37N7O3S. The van der Waals surface area contributed by atoms with E-state index in [4.69, 9.17) is 0 Å². The molecule has 0 spiro atoms. The first-order chi connectivity index (χ1) is 18.5. The van der Waals surface area contributed by atoms with Crippen LogP contribution in [-0.2, 0) is 24.1 Å². The molecule has 3 N–H and O–H groups in total. The minimum absolute atomic E-state index is 0.0212. The number of aromatic nitrogens is 3. The Labute approximate surface area is 226 Å². The maximum absolute atomic E-state index is 13.4. The average molecular weight is 540 g/mol. The third-order valence-corrected chi connectivity index (χ3v) is 9.55. The summed E-state index contributed by atoms with van der Waals surface area (Å²) in [5.74, 6) is 1.75. The summed E-state index contributed by atoms with van der Waals surface area (Å²) in [6.45, 7) is 4.59. The van der Waals surface area contributed by atoms with Crippen LogP contribution in [0.4, 0.5) is 10.7 Å². The maximum Gasteiger partial charge on any atom is 0.317 e. The molecule has 11 heteroatoms. The van der Waals surface area contributed by atoms with Gasteiger partial charge in [0.1, 0.15) is 12.1 Å². The number of hydrogen-bond acceptors (Lipinski definition) is 7. The van der Waals surface area contributed by atoms with E-state index < -0.39 is 0 Å². The quantitative estimate of drug-likeness (QED) is 0.427. The molecule has 204 valence electrons. The predicted octanol–water partition coefficient (Wildman–Crippen LogP) is 2.95. The highest BCUT2D eigenvalue weighted by Gasteiger charge is 2.35. The second-order valence-electron chi connectivity index (χ2n) is 11.2. The van der Waals surface area contributed by atoms with Crippen LogP contribution < -0.4 is 16.0 Å². The molecule has 0 aromatic carbocycles. The van der Waals surface area contributed by atoms with Crippen molar-refractivity contribution < 1.29 is 14.4 Å². The Morgan fingerprint density at radius 2 is 1.95 bits per heavy atom. The highest BCUT2D eigenvalue weighted by atomic mass is 32.1. The Bertz CT molecular complexity index is 1220. The number of urea groups is 1. The minimum atomic E-state index is -0.0287. The van der Waals surface area contributed by atoms with Crippen LogP contribution in [-0.4, -0.2) is 69.6 Å². The van der Waals surface area contributed by atoms with Crippen molar-refractivity contribution in [3.63, 3.8) is 0 Å². The van der Waals surface area contributed by atoms with Crippen LogP contribution in [0.1, 0.15) is 77.2 Å². The van der Waals surface area contributed by atoms with Crippen LogP contribution in [0, 0.1) is 11.8 Å². The van der Waals surface area contributed by atoms with Crippen LogP contribution in [0.15, 0.2) is 6.33 Å². The number of ketones is 1. The van der Waals surface area contributed by atoms with Crippen LogP contribution in [0.5, 0.6) is 0 Å². The molecule has 10 nitrogen and oxygen atoms in total. The predicted molar refractivity (Wildman–Crippen MR) is 145 cm³/mol. The first-order valence-corrected chi connectivity index (χ1v) is 14.9. The molecule has 2 aromatic heterocycles. The summed E-state index contributed by atoms with van der Waals surface area (Å²) in [5, 5.41) is 18.1. The lowest BCUT2D eigenvalue weighted by Gasteiger charge is -2.26. The number of aryl methyl sites for hydroxylation is 1. The summed E-state index contributed by atoms with van der Waals surface area (Å²) < 4.78 is 2.09. The molecule has 3 fully saturated rings. The van der Waals surface area contributed by atoms with Crippen molar-refractivity contribution in [3.8, 4) is 0 Å². The van der Waals surface area contributed by atoms with Crippen LogP contribution >= 0.6 is 11.3 Å². The summed E-state index contributed by atoms with van der Waals surface area (Å²) in [4.78, 5) is 42.4. The number of anilines is 1. The number of nitrogens with zero attached hydrogens (tertiary/aromatic N) is 4. The number of carbonyl (C=O) groups is 3. The molecule has 3 heterocycles. The Balaban J connectivity index is 1.18. The summed E-state index contributed by atoms with van der Waals surface area (Å²) in [7, 11) is 0. The van der Waals surface area contributed by atoms with Gasteiger partial charge in [-0.15, -0.1) is 21.5 Å². The SMILES string of the molecule is CCNC(=O)N1CC[C@H](Nc2nncn2[C@H]2CCc3sc(CC(=O)C4CC4)c(C(=O)NCC4CC4)c3C2)C1. The minimum Gasteiger partial charge on any atom is -0.352 e. The van der Waals surface area contributed by atoms with E-state index in [0.717, 1.165) is 61.1 Å². The highest BCUT2D eigenvalue weighted by Crippen LogP contribution is 2.41. The molecule has 0 unspecified atom stereocenters. The lowest BCUT2D eigenvalue weighted by atomic mass is 9.90. The van der Waals surface area contributed by atoms with E-state index in [1.807, 2.05) is 11.8 Å². The van der Waals surface area contributed by atoms with Crippen LogP contribution in [0.25, 0.3) is 0 Å². The number of carbonyl (C=O) groups excluding carboxylic acids is 3. The third kappa shape index (κ3) is 5.43. The molecule has 4 aliphatic rings. The molecule has 3 aliphatic carbocycles. The monoisotopic (exact) mass is 539 g/mol. The van der Waals surface area contributed by atoms with Crippen molar-refractivity contribution in [3.05, 3.63) is 27.2 Å². The van der Waals surface area contributed by atoms with Crippen LogP contribution in [0.3, 0.4) is 0 Å². The van der Waals surface area contributed by atoms with Crippen molar-refractivity contribution in [2.24, 2.45) is 11.8 Å². The largest absolute Gasteiger partial charge is 0.352 e. The molecule has 2 atom stereocenters. The van der Waals surface area contributed by atoms with E-state index >= 15 is 0 Å². The van der Waals surface area contributed by atoms with E-state index in [9.17, 15) is 14.4 Å². The summed E-state index contributed by atoms with van der Waals surface area (Å²) in [5.41, 5.74) is 1.85. The van der Waals surface area contributed by atoms with Gasteiger partial charge in [-0.25, -0.2) is 4.79 Å². The van der Waals surface area contributed by atoms with Crippen molar-refractivity contribution in [1.29, 1.82) is 0 Å². The zero-order valence-corrected chi connectivity index (χ0v) is 22.8. The lowest BCUT2D eigenvalue weighted by molar-refractivity contribution is -0.119. The van der Waals surface area contributed by atoms with E-state index in [1.54, 1.807) is 17.7 Å². The smallest absolute Gasteiger partial charge is 0.317 e. The molecule has 0 bridgehead atoms. The lowest BCUT2D eigenvalue weighted by Crippen LogP contribution is -2.39. The summed E-state index contributed by atoms with van der Waals surface area (Å²) >= 11 is 1.67. The molecule has 3 amide bonds. The first kappa shape index (κ1) is 25.3. The Hall–Kier alpha value is -2.95. The number of rotatable bonds is 10. The van der Waals surface area contributed by atoms with Gasteiger partial charge in [0.25, 0.3) is 5.91 Å². The number of amides is 3. The highest BCUT2D eigenvalue weighted by molar-refractivity contribution is 7.12. The van der Waals surface area contributed by atoms with Crippen molar-refractivity contribution in [1.82, 2.24) is 30.3 Å². The molecule has 6 rings (SSSR count). The molecular weight excluding hydrogens is 502 g/mol. The topological polar surface area (TPSA) is 121 Å². The van der Waals surface area contributed by atoms with Gasteiger partial charge in [-0.1, -0.05) is 0 Å². The number of fused-ring (bicyclic) bond motifs is 1. The summed E-state index contributed by atoms with van der Waals surface area (Å²) in [6, 6.07) is 0.209. The zero-order valence-electron chi connectivity index (χ0n) is 22.0. The average Bonchev–Trinajstić information content (AvgIpc) is 3.80. The zero-order chi connectivity index (χ0) is 26.2. The maximum atomic E-state index is 13.4. The van der Waals surface area contributed by atoms with Gasteiger partial charge in [0, 0.05) is 60.4 Å². The summed E-state index contributed by atoms with van der Waals surface area (Å²) in [6.07, 6.45) is 9.86. The number of hydrogen-bond donors (Lipinski definition) is 3. The Morgan fingerprint density at radius 1 is 1.11 bits per heavy atom. The van der Waals surface area contributed by atoms with E-state index in [1.165, 1.54) is 17.7 Å². The van der Waals surface area contributed by atoms with Gasteiger partial charge in [-0.2, -0.15) is 0 Å². The first-order valence-electron chi connectivity index (χ1n) is 14.1.